The van der Waals surface area contributed by atoms with Crippen molar-refractivity contribution in [2.75, 3.05) is 23.7 Å². The molecule has 0 unspecified atom stereocenters. The maximum Gasteiger partial charge on any atom is 0.255 e. The van der Waals surface area contributed by atoms with Crippen molar-refractivity contribution in [2.45, 2.75) is 32.6 Å². The predicted octanol–water partition coefficient (Wildman–Crippen LogP) is 4.39. The molecule has 2 amide bonds. The second kappa shape index (κ2) is 10.8. The van der Waals surface area contributed by atoms with Crippen molar-refractivity contribution in [2.24, 2.45) is 5.92 Å². The van der Waals surface area contributed by atoms with Gasteiger partial charge in [0.2, 0.25) is 5.91 Å². The van der Waals surface area contributed by atoms with Gasteiger partial charge in [-0.1, -0.05) is 24.3 Å². The summed E-state index contributed by atoms with van der Waals surface area (Å²) in [5.41, 5.74) is 2.99. The fourth-order valence-corrected chi connectivity index (χ4v) is 3.35. The van der Waals surface area contributed by atoms with Crippen molar-refractivity contribution in [1.29, 1.82) is 0 Å². The fraction of sp³-hybridized carbons (Fsp3) is 0.364. The highest BCUT2D eigenvalue weighted by Gasteiger charge is 2.15. The summed E-state index contributed by atoms with van der Waals surface area (Å²) >= 11 is 0. The van der Waals surface area contributed by atoms with Crippen LogP contribution in [0.5, 0.6) is 0 Å². The molecule has 0 aliphatic carbocycles. The van der Waals surface area contributed by atoms with E-state index in [1.807, 2.05) is 43.3 Å². The van der Waals surface area contributed by atoms with Gasteiger partial charge in [0.25, 0.3) is 5.91 Å². The molecular formula is C22H28ClN3O2. The SMILES string of the molecule is Cc1ccc(NC(=O)c2ccccc2)cc1NC(=O)CCC1CCNCC1.Cl. The van der Waals surface area contributed by atoms with E-state index in [1.165, 1.54) is 0 Å². The number of carbonyl (C=O) groups excluding carboxylic acids is 2. The van der Waals surface area contributed by atoms with Crippen LogP contribution in [0.2, 0.25) is 0 Å². The number of hydrogen-bond acceptors (Lipinski definition) is 3. The Kier molecular flexibility index (Phi) is 8.48. The predicted molar refractivity (Wildman–Crippen MR) is 116 cm³/mol. The van der Waals surface area contributed by atoms with Crippen LogP contribution in [-0.4, -0.2) is 24.9 Å². The van der Waals surface area contributed by atoms with Gasteiger partial charge in [-0.15, -0.1) is 12.4 Å². The lowest BCUT2D eigenvalue weighted by Crippen LogP contribution is -2.28. The highest BCUT2D eigenvalue weighted by Crippen LogP contribution is 2.22. The molecule has 0 aromatic heterocycles. The van der Waals surface area contributed by atoms with E-state index in [0.29, 0.717) is 23.6 Å². The van der Waals surface area contributed by atoms with Crippen molar-refractivity contribution in [3.63, 3.8) is 0 Å². The number of rotatable bonds is 6. The van der Waals surface area contributed by atoms with E-state index < -0.39 is 0 Å². The lowest BCUT2D eigenvalue weighted by Gasteiger charge is -2.22. The van der Waals surface area contributed by atoms with Crippen LogP contribution in [0.3, 0.4) is 0 Å². The standard InChI is InChI=1S/C22H27N3O2.ClH/c1-16-7-9-19(24-22(27)18-5-3-2-4-6-18)15-20(16)25-21(26)10-8-17-11-13-23-14-12-17;/h2-7,9,15,17,23H,8,10-14H2,1H3,(H,24,27)(H,25,26);1H. The van der Waals surface area contributed by atoms with Crippen molar-refractivity contribution in [1.82, 2.24) is 5.32 Å². The van der Waals surface area contributed by atoms with Gasteiger partial charge in [-0.3, -0.25) is 9.59 Å². The Bertz CT molecular complexity index is 790. The third-order valence-corrected chi connectivity index (χ3v) is 5.04. The largest absolute Gasteiger partial charge is 0.326 e. The van der Waals surface area contributed by atoms with E-state index in [1.54, 1.807) is 12.1 Å². The maximum atomic E-state index is 12.3. The van der Waals surface area contributed by atoms with Crippen LogP contribution in [0.25, 0.3) is 0 Å². The van der Waals surface area contributed by atoms with Crippen LogP contribution in [-0.2, 0) is 4.79 Å². The van der Waals surface area contributed by atoms with E-state index in [0.717, 1.165) is 43.6 Å². The van der Waals surface area contributed by atoms with Gasteiger partial charge in [-0.2, -0.15) is 0 Å². The summed E-state index contributed by atoms with van der Waals surface area (Å²) in [5.74, 6) is 0.500. The third-order valence-electron chi connectivity index (χ3n) is 5.04. The van der Waals surface area contributed by atoms with Crippen LogP contribution in [0.15, 0.2) is 48.5 Å². The Morgan fingerprint density at radius 3 is 2.46 bits per heavy atom. The molecule has 5 nitrogen and oxygen atoms in total. The van der Waals surface area contributed by atoms with E-state index in [-0.39, 0.29) is 24.2 Å². The number of benzene rings is 2. The molecule has 2 aromatic carbocycles. The van der Waals surface area contributed by atoms with Crippen molar-refractivity contribution in [3.05, 3.63) is 59.7 Å². The Morgan fingerprint density at radius 2 is 1.75 bits per heavy atom. The third kappa shape index (κ3) is 6.36. The average molecular weight is 402 g/mol. The Balaban J connectivity index is 0.00000280. The minimum atomic E-state index is -0.164. The summed E-state index contributed by atoms with van der Waals surface area (Å²) in [6.07, 6.45) is 3.75. The lowest BCUT2D eigenvalue weighted by molar-refractivity contribution is -0.116. The van der Waals surface area contributed by atoms with Gasteiger partial charge in [0.1, 0.15) is 0 Å². The average Bonchev–Trinajstić information content (AvgIpc) is 2.70. The van der Waals surface area contributed by atoms with Gasteiger partial charge in [0.15, 0.2) is 0 Å². The molecule has 0 bridgehead atoms. The first kappa shape index (κ1) is 21.9. The number of anilines is 2. The molecule has 0 spiro atoms. The van der Waals surface area contributed by atoms with E-state index in [9.17, 15) is 9.59 Å². The molecule has 1 fully saturated rings. The van der Waals surface area contributed by atoms with Crippen LogP contribution in [0.1, 0.15) is 41.6 Å². The second-order valence-corrected chi connectivity index (χ2v) is 7.13. The molecule has 0 radical (unpaired) electrons. The van der Waals surface area contributed by atoms with Gasteiger partial charge in [-0.25, -0.2) is 0 Å². The molecule has 3 rings (SSSR count). The zero-order chi connectivity index (χ0) is 19.1. The monoisotopic (exact) mass is 401 g/mol. The maximum absolute atomic E-state index is 12.3. The highest BCUT2D eigenvalue weighted by molar-refractivity contribution is 6.04. The Morgan fingerprint density at radius 1 is 1.04 bits per heavy atom. The molecule has 3 N–H and O–H groups in total. The molecule has 6 heteroatoms. The number of halogens is 1. The number of piperidine rings is 1. The van der Waals surface area contributed by atoms with Gasteiger partial charge in [0, 0.05) is 23.4 Å². The van der Waals surface area contributed by atoms with Gasteiger partial charge >= 0.3 is 0 Å². The summed E-state index contributed by atoms with van der Waals surface area (Å²) in [4.78, 5) is 24.7. The second-order valence-electron chi connectivity index (χ2n) is 7.13. The molecule has 150 valence electrons. The molecule has 1 aliphatic rings. The summed E-state index contributed by atoms with van der Waals surface area (Å²) in [5, 5.41) is 9.23. The number of carbonyl (C=O) groups is 2. The minimum Gasteiger partial charge on any atom is -0.326 e. The summed E-state index contributed by atoms with van der Waals surface area (Å²) in [6, 6.07) is 14.7. The van der Waals surface area contributed by atoms with Gasteiger partial charge < -0.3 is 16.0 Å². The molecule has 28 heavy (non-hydrogen) atoms. The van der Waals surface area contributed by atoms with Crippen LogP contribution in [0, 0.1) is 12.8 Å². The first-order valence-electron chi connectivity index (χ1n) is 9.59. The Hall–Kier alpha value is -2.37. The summed E-state index contributed by atoms with van der Waals surface area (Å²) < 4.78 is 0. The van der Waals surface area contributed by atoms with Gasteiger partial charge in [0.05, 0.1) is 0 Å². The number of hydrogen-bond donors (Lipinski definition) is 3. The molecule has 0 atom stereocenters. The summed E-state index contributed by atoms with van der Waals surface area (Å²) in [7, 11) is 0. The van der Waals surface area contributed by atoms with Crippen molar-refractivity contribution < 1.29 is 9.59 Å². The van der Waals surface area contributed by atoms with Crippen LogP contribution >= 0.6 is 12.4 Å². The minimum absolute atomic E-state index is 0. The van der Waals surface area contributed by atoms with E-state index in [4.69, 9.17) is 0 Å². The number of nitrogens with one attached hydrogen (secondary N) is 3. The van der Waals surface area contributed by atoms with Crippen molar-refractivity contribution >= 4 is 35.6 Å². The fourth-order valence-electron chi connectivity index (χ4n) is 3.35. The Labute approximate surface area is 172 Å². The summed E-state index contributed by atoms with van der Waals surface area (Å²) in [6.45, 7) is 4.05. The van der Waals surface area contributed by atoms with Crippen LogP contribution < -0.4 is 16.0 Å². The van der Waals surface area contributed by atoms with Gasteiger partial charge in [-0.05, 0) is 75.0 Å². The quantitative estimate of drug-likeness (QED) is 0.672. The first-order valence-corrected chi connectivity index (χ1v) is 9.59. The molecule has 1 saturated heterocycles. The normalized spacial score (nSPS) is 14.0. The van der Waals surface area contributed by atoms with E-state index >= 15 is 0 Å². The first-order chi connectivity index (χ1) is 13.1. The zero-order valence-corrected chi connectivity index (χ0v) is 17.0. The molecule has 0 saturated carbocycles. The molecule has 1 aliphatic heterocycles. The molecule has 2 aromatic rings. The zero-order valence-electron chi connectivity index (χ0n) is 16.2. The number of amides is 2. The van der Waals surface area contributed by atoms with E-state index in [2.05, 4.69) is 16.0 Å². The van der Waals surface area contributed by atoms with Crippen molar-refractivity contribution in [3.8, 4) is 0 Å². The van der Waals surface area contributed by atoms with Crippen LogP contribution in [0.4, 0.5) is 11.4 Å². The number of aryl methyl sites for hydroxylation is 1. The topological polar surface area (TPSA) is 70.2 Å². The highest BCUT2D eigenvalue weighted by atomic mass is 35.5. The smallest absolute Gasteiger partial charge is 0.255 e. The lowest BCUT2D eigenvalue weighted by atomic mass is 9.93. The molecular weight excluding hydrogens is 374 g/mol. The molecule has 1 heterocycles.